The zero-order valence-corrected chi connectivity index (χ0v) is 14.2. The molecule has 3 nitrogen and oxygen atoms in total. The molecule has 0 aliphatic carbocycles. The van der Waals surface area contributed by atoms with Crippen molar-refractivity contribution < 1.29 is 18.0 Å². The first-order valence-corrected chi connectivity index (χ1v) is 7.60. The molecular weight excluding hydrogens is 305 g/mol. The highest BCUT2D eigenvalue weighted by Gasteiger charge is 2.33. The van der Waals surface area contributed by atoms with Gasteiger partial charge in [-0.2, -0.15) is 13.2 Å². The minimum Gasteiger partial charge on any atom is -0.346 e. The van der Waals surface area contributed by atoms with Gasteiger partial charge in [0.15, 0.2) is 0 Å². The van der Waals surface area contributed by atoms with Crippen molar-refractivity contribution in [3.63, 3.8) is 0 Å². The predicted molar refractivity (Wildman–Crippen MR) is 84.8 cm³/mol. The summed E-state index contributed by atoms with van der Waals surface area (Å²) in [6.07, 6.45) is -3.90. The Morgan fingerprint density at radius 1 is 1.17 bits per heavy atom. The van der Waals surface area contributed by atoms with E-state index >= 15 is 0 Å². The lowest BCUT2D eigenvalue weighted by atomic mass is 9.90. The molecule has 0 spiro atoms. The van der Waals surface area contributed by atoms with Gasteiger partial charge >= 0.3 is 6.18 Å². The first-order valence-electron chi connectivity index (χ1n) is 7.60. The molecule has 0 unspecified atom stereocenters. The van der Waals surface area contributed by atoms with Crippen LogP contribution in [-0.2, 0) is 16.5 Å². The molecular formula is C17H25F3N2O. The predicted octanol–water partition coefficient (Wildman–Crippen LogP) is 3.74. The topological polar surface area (TPSA) is 55.1 Å². The molecule has 1 amide bonds. The highest BCUT2D eigenvalue weighted by atomic mass is 19.4. The fourth-order valence-corrected chi connectivity index (χ4v) is 2.40. The largest absolute Gasteiger partial charge is 0.416 e. The maximum atomic E-state index is 13.0. The van der Waals surface area contributed by atoms with Crippen LogP contribution >= 0.6 is 0 Å². The Labute approximate surface area is 135 Å². The normalized spacial score (nSPS) is 14.0. The van der Waals surface area contributed by atoms with Crippen molar-refractivity contribution in [2.75, 3.05) is 0 Å². The van der Waals surface area contributed by atoms with E-state index in [0.29, 0.717) is 17.5 Å². The molecule has 0 aromatic heterocycles. The van der Waals surface area contributed by atoms with Gasteiger partial charge in [0.05, 0.1) is 17.1 Å². The second-order valence-electron chi connectivity index (χ2n) is 6.94. The minimum absolute atomic E-state index is 0.259. The summed E-state index contributed by atoms with van der Waals surface area (Å²) in [6.45, 7) is 8.84. The molecule has 3 N–H and O–H groups in total. The number of alkyl halides is 3. The van der Waals surface area contributed by atoms with Crippen molar-refractivity contribution in [1.82, 2.24) is 5.32 Å². The van der Waals surface area contributed by atoms with Gasteiger partial charge in [-0.25, -0.2) is 0 Å². The third-order valence-electron chi connectivity index (χ3n) is 3.62. The number of carbonyl (C=O) groups is 1. The number of aryl methyl sites for hydroxylation is 1. The zero-order chi connectivity index (χ0) is 18.0. The first kappa shape index (κ1) is 19.5. The Morgan fingerprint density at radius 2 is 1.70 bits per heavy atom. The molecule has 1 atom stereocenters. The summed E-state index contributed by atoms with van der Waals surface area (Å²) in [5.74, 6) is -0.103. The van der Waals surface area contributed by atoms with Crippen LogP contribution in [0.1, 0.15) is 50.8 Å². The highest BCUT2D eigenvalue weighted by Crippen LogP contribution is 2.33. The van der Waals surface area contributed by atoms with E-state index in [2.05, 4.69) is 5.32 Å². The summed E-state index contributed by atoms with van der Waals surface area (Å²) >= 11 is 0. The maximum absolute atomic E-state index is 13.0. The van der Waals surface area contributed by atoms with E-state index in [0.717, 1.165) is 12.1 Å². The molecule has 23 heavy (non-hydrogen) atoms. The van der Waals surface area contributed by atoms with Crippen molar-refractivity contribution in [2.24, 2.45) is 11.7 Å². The van der Waals surface area contributed by atoms with E-state index in [1.807, 2.05) is 13.8 Å². The van der Waals surface area contributed by atoms with Crippen LogP contribution in [-0.4, -0.2) is 11.9 Å². The Hall–Kier alpha value is -1.56. The standard InChI is InChI=1S/C17H25F3N2O/c1-10(2)6-14(21)15(23)22-16(4,5)12-7-11(3)8-13(9-12)17(18,19)20/h7-10,14H,6,21H2,1-5H3,(H,22,23)/t14-/m1/s1. The SMILES string of the molecule is Cc1cc(C(F)(F)F)cc(C(C)(C)NC(=O)[C@H](N)CC(C)C)c1. The summed E-state index contributed by atoms with van der Waals surface area (Å²) in [5, 5.41) is 2.75. The average Bonchev–Trinajstić information content (AvgIpc) is 2.35. The maximum Gasteiger partial charge on any atom is 0.416 e. The summed E-state index contributed by atoms with van der Waals surface area (Å²) in [4.78, 5) is 12.2. The van der Waals surface area contributed by atoms with Gasteiger partial charge in [-0.1, -0.05) is 25.5 Å². The molecule has 0 saturated carbocycles. The van der Waals surface area contributed by atoms with Crippen LogP contribution in [0.3, 0.4) is 0 Å². The van der Waals surface area contributed by atoms with Gasteiger partial charge in [-0.3, -0.25) is 4.79 Å². The van der Waals surface area contributed by atoms with E-state index in [9.17, 15) is 18.0 Å². The van der Waals surface area contributed by atoms with Gasteiger partial charge < -0.3 is 11.1 Å². The first-order chi connectivity index (χ1) is 10.3. The van der Waals surface area contributed by atoms with Crippen LogP contribution in [0.15, 0.2) is 18.2 Å². The Kier molecular flexibility index (Phi) is 5.85. The zero-order valence-electron chi connectivity index (χ0n) is 14.2. The summed E-state index contributed by atoms with van der Waals surface area (Å²) in [5.41, 5.74) is 5.06. The molecule has 1 aromatic rings. The number of amides is 1. The molecule has 1 aromatic carbocycles. The lowest BCUT2D eigenvalue weighted by molar-refractivity contribution is -0.137. The molecule has 0 fully saturated rings. The third kappa shape index (κ3) is 5.53. The van der Waals surface area contributed by atoms with Gasteiger partial charge in [-0.05, 0) is 50.8 Å². The lowest BCUT2D eigenvalue weighted by Crippen LogP contribution is -2.49. The summed E-state index contributed by atoms with van der Waals surface area (Å²) < 4.78 is 38.9. The molecule has 0 saturated heterocycles. The van der Waals surface area contributed by atoms with E-state index in [1.54, 1.807) is 26.8 Å². The van der Waals surface area contributed by atoms with Crippen LogP contribution in [0.4, 0.5) is 13.2 Å². The molecule has 0 aliphatic heterocycles. The smallest absolute Gasteiger partial charge is 0.346 e. The number of benzene rings is 1. The lowest BCUT2D eigenvalue weighted by Gasteiger charge is -2.30. The van der Waals surface area contributed by atoms with E-state index < -0.39 is 23.3 Å². The van der Waals surface area contributed by atoms with Gasteiger partial charge in [0, 0.05) is 0 Å². The molecule has 0 radical (unpaired) electrons. The van der Waals surface area contributed by atoms with Crippen molar-refractivity contribution >= 4 is 5.91 Å². The second kappa shape index (κ2) is 6.91. The Bertz CT molecular complexity index is 565. The fraction of sp³-hybridized carbons (Fsp3) is 0.588. The molecule has 0 aliphatic rings. The summed E-state index contributed by atoms with van der Waals surface area (Å²) in [6, 6.07) is 3.12. The van der Waals surface area contributed by atoms with E-state index in [1.165, 1.54) is 0 Å². The van der Waals surface area contributed by atoms with Crippen LogP contribution in [0, 0.1) is 12.8 Å². The van der Waals surface area contributed by atoms with Crippen molar-refractivity contribution in [3.05, 3.63) is 34.9 Å². The van der Waals surface area contributed by atoms with Crippen molar-refractivity contribution in [2.45, 2.75) is 58.8 Å². The van der Waals surface area contributed by atoms with Gasteiger partial charge in [0.1, 0.15) is 0 Å². The van der Waals surface area contributed by atoms with Crippen LogP contribution in [0.2, 0.25) is 0 Å². The van der Waals surface area contributed by atoms with Crippen molar-refractivity contribution in [1.29, 1.82) is 0 Å². The van der Waals surface area contributed by atoms with Crippen LogP contribution < -0.4 is 11.1 Å². The number of nitrogens with two attached hydrogens (primary N) is 1. The molecule has 0 heterocycles. The van der Waals surface area contributed by atoms with Gasteiger partial charge in [0.2, 0.25) is 5.91 Å². The molecule has 6 heteroatoms. The molecule has 1 rings (SSSR count). The monoisotopic (exact) mass is 330 g/mol. The average molecular weight is 330 g/mol. The van der Waals surface area contributed by atoms with Crippen LogP contribution in [0.5, 0.6) is 0 Å². The van der Waals surface area contributed by atoms with Crippen LogP contribution in [0.25, 0.3) is 0 Å². The quantitative estimate of drug-likeness (QED) is 0.864. The van der Waals surface area contributed by atoms with Crippen molar-refractivity contribution in [3.8, 4) is 0 Å². The number of carbonyl (C=O) groups excluding carboxylic acids is 1. The summed E-state index contributed by atoms with van der Waals surface area (Å²) in [7, 11) is 0. The number of hydrogen-bond donors (Lipinski definition) is 2. The number of hydrogen-bond acceptors (Lipinski definition) is 2. The molecule has 130 valence electrons. The van der Waals surface area contributed by atoms with Gasteiger partial charge in [-0.15, -0.1) is 0 Å². The fourth-order valence-electron chi connectivity index (χ4n) is 2.40. The highest BCUT2D eigenvalue weighted by molar-refractivity contribution is 5.82. The number of rotatable bonds is 5. The Balaban J connectivity index is 3.04. The minimum atomic E-state index is -4.42. The number of nitrogens with one attached hydrogen (secondary N) is 1. The van der Waals surface area contributed by atoms with E-state index in [4.69, 9.17) is 5.73 Å². The van der Waals surface area contributed by atoms with Gasteiger partial charge in [0.25, 0.3) is 0 Å². The Morgan fingerprint density at radius 3 is 2.17 bits per heavy atom. The third-order valence-corrected chi connectivity index (χ3v) is 3.62. The number of halogens is 3. The van der Waals surface area contributed by atoms with E-state index in [-0.39, 0.29) is 11.8 Å². The second-order valence-corrected chi connectivity index (χ2v) is 6.94. The molecule has 0 bridgehead atoms.